The first-order chi connectivity index (χ1) is 7.26. The summed E-state index contributed by atoms with van der Waals surface area (Å²) in [4.78, 5) is 14.3. The molecule has 1 aromatic rings. The van der Waals surface area contributed by atoms with Crippen LogP contribution < -0.4 is 0 Å². The molecule has 3 nitrogen and oxygen atoms in total. The van der Waals surface area contributed by atoms with E-state index in [9.17, 15) is 4.79 Å². The lowest BCUT2D eigenvalue weighted by Crippen LogP contribution is -2.04. The van der Waals surface area contributed by atoms with Gasteiger partial charge in [-0.25, -0.2) is 0 Å². The molecule has 0 aliphatic heterocycles. The second kappa shape index (κ2) is 6.27. The number of hydrogen-bond acceptors (Lipinski definition) is 2. The first-order valence-electron chi connectivity index (χ1n) is 5.58. The van der Waals surface area contributed by atoms with Crippen LogP contribution in [0.25, 0.3) is 0 Å². The number of rotatable bonds is 6. The quantitative estimate of drug-likeness (QED) is 0.731. The van der Waals surface area contributed by atoms with Crippen LogP contribution in [0, 0.1) is 0 Å². The first kappa shape index (κ1) is 11.8. The minimum Gasteiger partial charge on any atom is -0.466 e. The molecule has 0 saturated carbocycles. The number of nitrogens with one attached hydrogen (secondary N) is 1. The molecule has 1 aromatic heterocycles. The Kier molecular flexibility index (Phi) is 4.95. The lowest BCUT2D eigenvalue weighted by molar-refractivity contribution is -0.143. The normalized spacial score (nSPS) is 10.3. The fourth-order valence-electron chi connectivity index (χ4n) is 1.50. The molecule has 1 rings (SSSR count). The molecule has 1 heterocycles. The molecule has 15 heavy (non-hydrogen) atoms. The molecule has 0 bridgehead atoms. The molecule has 0 fully saturated rings. The van der Waals surface area contributed by atoms with Gasteiger partial charge in [0.2, 0.25) is 0 Å². The van der Waals surface area contributed by atoms with Crippen molar-refractivity contribution in [3.05, 3.63) is 23.5 Å². The first-order valence-corrected chi connectivity index (χ1v) is 5.58. The number of H-pyrrole nitrogens is 1. The predicted octanol–water partition coefficient (Wildman–Crippen LogP) is 2.46. The lowest BCUT2D eigenvalue weighted by atomic mass is 10.1. The Balaban J connectivity index is 2.22. The average Bonchev–Trinajstić information content (AvgIpc) is 2.66. The average molecular weight is 209 g/mol. The summed E-state index contributed by atoms with van der Waals surface area (Å²) in [6.07, 6.45) is 5.35. The largest absolute Gasteiger partial charge is 0.466 e. The maximum Gasteiger partial charge on any atom is 0.305 e. The highest BCUT2D eigenvalue weighted by atomic mass is 16.5. The summed E-state index contributed by atoms with van der Waals surface area (Å²) >= 11 is 0. The molecular weight excluding hydrogens is 190 g/mol. The van der Waals surface area contributed by atoms with Crippen LogP contribution in [0.1, 0.15) is 37.9 Å². The van der Waals surface area contributed by atoms with Gasteiger partial charge >= 0.3 is 5.97 Å². The Hall–Kier alpha value is -1.25. The zero-order chi connectivity index (χ0) is 11.1. The van der Waals surface area contributed by atoms with Crippen molar-refractivity contribution in [3.8, 4) is 0 Å². The highest BCUT2D eigenvalue weighted by Crippen LogP contribution is 2.07. The summed E-state index contributed by atoms with van der Waals surface area (Å²) in [6.45, 7) is 4.43. The molecule has 84 valence electrons. The molecule has 0 atom stereocenters. The van der Waals surface area contributed by atoms with Crippen molar-refractivity contribution in [3.63, 3.8) is 0 Å². The van der Waals surface area contributed by atoms with Crippen LogP contribution in [0.3, 0.4) is 0 Å². The highest BCUT2D eigenvalue weighted by molar-refractivity contribution is 5.69. The number of carbonyl (C=O) groups is 1. The third-order valence-electron chi connectivity index (χ3n) is 2.34. The lowest BCUT2D eigenvalue weighted by Gasteiger charge is -2.00. The van der Waals surface area contributed by atoms with Crippen molar-refractivity contribution in [1.29, 1.82) is 0 Å². The number of hydrogen-bond donors (Lipinski definition) is 1. The van der Waals surface area contributed by atoms with Crippen LogP contribution in [0.5, 0.6) is 0 Å². The summed E-state index contributed by atoms with van der Waals surface area (Å²) in [5.74, 6) is -0.0974. The molecule has 0 spiro atoms. The summed E-state index contributed by atoms with van der Waals surface area (Å²) < 4.78 is 4.86. The number of carbonyl (C=O) groups excluding carboxylic acids is 1. The van der Waals surface area contributed by atoms with Crippen molar-refractivity contribution in [2.45, 2.75) is 39.5 Å². The van der Waals surface area contributed by atoms with Gasteiger partial charge in [0.1, 0.15) is 0 Å². The molecule has 0 aromatic carbocycles. The van der Waals surface area contributed by atoms with Crippen LogP contribution >= 0.6 is 0 Å². The molecule has 0 aliphatic rings. The van der Waals surface area contributed by atoms with Gasteiger partial charge in [0.15, 0.2) is 0 Å². The Labute approximate surface area is 90.8 Å². The molecule has 1 N–H and O–H groups in total. The maximum absolute atomic E-state index is 11.1. The van der Waals surface area contributed by atoms with Gasteiger partial charge in [-0.1, -0.05) is 6.92 Å². The molecule has 0 amide bonds. The Morgan fingerprint density at radius 2 is 2.27 bits per heavy atom. The van der Waals surface area contributed by atoms with Crippen LogP contribution in [-0.4, -0.2) is 17.6 Å². The van der Waals surface area contributed by atoms with Gasteiger partial charge in [0.05, 0.1) is 6.61 Å². The van der Waals surface area contributed by atoms with E-state index in [4.69, 9.17) is 4.74 Å². The minimum atomic E-state index is -0.0974. The van der Waals surface area contributed by atoms with Crippen LogP contribution in [0.4, 0.5) is 0 Å². The second-order valence-electron chi connectivity index (χ2n) is 3.55. The van der Waals surface area contributed by atoms with E-state index in [2.05, 4.69) is 18.0 Å². The van der Waals surface area contributed by atoms with Crippen molar-refractivity contribution in [2.24, 2.45) is 0 Å². The maximum atomic E-state index is 11.1. The fourth-order valence-corrected chi connectivity index (χ4v) is 1.50. The van der Waals surface area contributed by atoms with Crippen molar-refractivity contribution in [1.82, 2.24) is 4.98 Å². The van der Waals surface area contributed by atoms with Gasteiger partial charge in [-0.2, -0.15) is 0 Å². The van der Waals surface area contributed by atoms with Gasteiger partial charge in [0, 0.05) is 18.3 Å². The Morgan fingerprint density at radius 1 is 1.47 bits per heavy atom. The highest BCUT2D eigenvalue weighted by Gasteiger charge is 2.02. The Morgan fingerprint density at radius 3 is 2.87 bits per heavy atom. The van der Waals surface area contributed by atoms with Crippen molar-refractivity contribution < 1.29 is 9.53 Å². The number of aromatic nitrogens is 1. The number of ether oxygens (including phenoxy) is 1. The van der Waals surface area contributed by atoms with E-state index in [0.29, 0.717) is 13.0 Å². The molecular formula is C12H19NO2. The second-order valence-corrected chi connectivity index (χ2v) is 3.55. The van der Waals surface area contributed by atoms with Gasteiger partial charge in [-0.05, 0) is 37.8 Å². The standard InChI is InChI=1S/C12H19NO2/c1-3-10-8-11(13-9-10)6-5-7-12(14)15-4-2/h8-9,13H,3-7H2,1-2H3. The van der Waals surface area contributed by atoms with E-state index in [-0.39, 0.29) is 5.97 Å². The van der Waals surface area contributed by atoms with Gasteiger partial charge in [-0.15, -0.1) is 0 Å². The summed E-state index contributed by atoms with van der Waals surface area (Å²) in [6, 6.07) is 2.16. The number of esters is 1. The zero-order valence-electron chi connectivity index (χ0n) is 9.51. The predicted molar refractivity (Wildman–Crippen MR) is 59.7 cm³/mol. The SMILES string of the molecule is CCOC(=O)CCCc1cc(CC)c[nH]1. The third kappa shape index (κ3) is 4.19. The smallest absolute Gasteiger partial charge is 0.305 e. The van der Waals surface area contributed by atoms with E-state index in [1.54, 1.807) is 0 Å². The van der Waals surface area contributed by atoms with Gasteiger partial charge < -0.3 is 9.72 Å². The molecule has 0 unspecified atom stereocenters. The van der Waals surface area contributed by atoms with Crippen LogP contribution in [0.15, 0.2) is 12.3 Å². The Bertz CT molecular complexity index is 304. The minimum absolute atomic E-state index is 0.0974. The van der Waals surface area contributed by atoms with E-state index >= 15 is 0 Å². The fraction of sp³-hybridized carbons (Fsp3) is 0.583. The third-order valence-corrected chi connectivity index (χ3v) is 2.34. The molecule has 0 radical (unpaired) electrons. The van der Waals surface area contributed by atoms with E-state index in [1.807, 2.05) is 13.1 Å². The summed E-state index contributed by atoms with van der Waals surface area (Å²) in [5.41, 5.74) is 2.53. The van der Waals surface area contributed by atoms with Crippen LogP contribution in [0.2, 0.25) is 0 Å². The zero-order valence-corrected chi connectivity index (χ0v) is 9.51. The number of aromatic amines is 1. The molecule has 0 saturated heterocycles. The summed E-state index contributed by atoms with van der Waals surface area (Å²) in [7, 11) is 0. The van der Waals surface area contributed by atoms with Gasteiger partial charge in [0.25, 0.3) is 0 Å². The van der Waals surface area contributed by atoms with E-state index in [1.165, 1.54) is 11.3 Å². The monoisotopic (exact) mass is 209 g/mol. The molecule has 3 heteroatoms. The number of aryl methyl sites for hydroxylation is 2. The van der Waals surface area contributed by atoms with Crippen LogP contribution in [-0.2, 0) is 22.4 Å². The summed E-state index contributed by atoms with van der Waals surface area (Å²) in [5, 5.41) is 0. The van der Waals surface area contributed by atoms with Crippen molar-refractivity contribution in [2.75, 3.05) is 6.61 Å². The van der Waals surface area contributed by atoms with E-state index in [0.717, 1.165) is 19.3 Å². The van der Waals surface area contributed by atoms with E-state index < -0.39 is 0 Å². The van der Waals surface area contributed by atoms with Crippen molar-refractivity contribution >= 4 is 5.97 Å². The van der Waals surface area contributed by atoms with Gasteiger partial charge in [-0.3, -0.25) is 4.79 Å². The topological polar surface area (TPSA) is 42.1 Å². The molecule has 0 aliphatic carbocycles.